The van der Waals surface area contributed by atoms with E-state index in [1.54, 1.807) is 12.1 Å². The Morgan fingerprint density at radius 3 is 2.40 bits per heavy atom. The Bertz CT molecular complexity index is 377. The minimum atomic E-state index is -0.567. The summed E-state index contributed by atoms with van der Waals surface area (Å²) < 4.78 is 25.7. The Balaban J connectivity index is 2.27. The first-order valence-electron chi connectivity index (χ1n) is 4.90. The number of aliphatic hydroxyl groups excluding tert-OH is 1. The van der Waals surface area contributed by atoms with Crippen LogP contribution < -0.4 is 0 Å². The van der Waals surface area contributed by atoms with Gasteiger partial charge in [0.05, 0.1) is 6.61 Å². The van der Waals surface area contributed by atoms with Gasteiger partial charge >= 0.3 is 0 Å². The SMILES string of the molecule is OCC(F)=CC1(c2ccc(F)cc2)CC1. The van der Waals surface area contributed by atoms with Crippen molar-refractivity contribution >= 4 is 0 Å². The summed E-state index contributed by atoms with van der Waals surface area (Å²) in [6, 6.07) is 6.09. The van der Waals surface area contributed by atoms with E-state index in [0.29, 0.717) is 0 Å². The molecule has 1 nitrogen and oxygen atoms in total. The molecule has 0 aliphatic heterocycles. The average molecular weight is 210 g/mol. The maximum atomic E-state index is 13.0. The highest BCUT2D eigenvalue weighted by molar-refractivity contribution is 5.38. The number of benzene rings is 1. The molecule has 1 N–H and O–H groups in total. The molecule has 1 fully saturated rings. The Morgan fingerprint density at radius 2 is 1.93 bits per heavy atom. The fraction of sp³-hybridized carbons (Fsp3) is 0.333. The summed E-state index contributed by atoms with van der Waals surface area (Å²) in [5.74, 6) is -0.807. The summed E-state index contributed by atoms with van der Waals surface area (Å²) in [5.41, 5.74) is 0.605. The lowest BCUT2D eigenvalue weighted by molar-refractivity contribution is 0.296. The van der Waals surface area contributed by atoms with E-state index in [-0.39, 0.29) is 11.2 Å². The van der Waals surface area contributed by atoms with Crippen molar-refractivity contribution in [2.24, 2.45) is 0 Å². The van der Waals surface area contributed by atoms with Crippen molar-refractivity contribution in [3.05, 3.63) is 47.5 Å². The number of hydrogen-bond acceptors (Lipinski definition) is 1. The zero-order valence-electron chi connectivity index (χ0n) is 8.21. The van der Waals surface area contributed by atoms with Gasteiger partial charge in [0.25, 0.3) is 0 Å². The Labute approximate surface area is 87.1 Å². The molecule has 0 aromatic heterocycles. The molecule has 0 atom stereocenters. The maximum absolute atomic E-state index is 13.0. The van der Waals surface area contributed by atoms with Crippen LogP contribution in [0, 0.1) is 5.82 Å². The van der Waals surface area contributed by atoms with Crippen molar-refractivity contribution in [3.8, 4) is 0 Å². The van der Waals surface area contributed by atoms with E-state index in [4.69, 9.17) is 5.11 Å². The number of hydrogen-bond donors (Lipinski definition) is 1. The van der Waals surface area contributed by atoms with Crippen molar-refractivity contribution in [3.63, 3.8) is 0 Å². The van der Waals surface area contributed by atoms with Gasteiger partial charge in [0.2, 0.25) is 0 Å². The smallest absolute Gasteiger partial charge is 0.123 e. The summed E-state index contributed by atoms with van der Waals surface area (Å²) in [5, 5.41) is 8.61. The van der Waals surface area contributed by atoms with Crippen molar-refractivity contribution < 1.29 is 13.9 Å². The van der Waals surface area contributed by atoms with Gasteiger partial charge in [0.1, 0.15) is 11.6 Å². The van der Waals surface area contributed by atoms with Crippen molar-refractivity contribution in [1.29, 1.82) is 0 Å². The van der Waals surface area contributed by atoms with E-state index in [1.165, 1.54) is 18.2 Å². The van der Waals surface area contributed by atoms with E-state index >= 15 is 0 Å². The molecule has 2 rings (SSSR count). The summed E-state index contributed by atoms with van der Waals surface area (Å²) in [6.07, 6.45) is 3.15. The summed E-state index contributed by atoms with van der Waals surface area (Å²) in [6.45, 7) is -0.567. The summed E-state index contributed by atoms with van der Waals surface area (Å²) in [4.78, 5) is 0. The van der Waals surface area contributed by atoms with Crippen LogP contribution in [0.5, 0.6) is 0 Å². The van der Waals surface area contributed by atoms with E-state index in [2.05, 4.69) is 0 Å². The molecule has 1 aromatic carbocycles. The molecule has 0 spiro atoms. The minimum absolute atomic E-state index is 0.291. The third kappa shape index (κ3) is 2.07. The van der Waals surface area contributed by atoms with Gasteiger partial charge in [-0.25, -0.2) is 8.78 Å². The number of allylic oxidation sites excluding steroid dienone is 1. The van der Waals surface area contributed by atoms with Gasteiger partial charge in [-0.15, -0.1) is 0 Å². The second-order valence-electron chi connectivity index (χ2n) is 3.91. The second kappa shape index (κ2) is 3.74. The zero-order valence-corrected chi connectivity index (χ0v) is 8.21. The van der Waals surface area contributed by atoms with Gasteiger partial charge in [0.15, 0.2) is 0 Å². The highest BCUT2D eigenvalue weighted by Crippen LogP contribution is 2.50. The lowest BCUT2D eigenvalue weighted by Crippen LogP contribution is -2.04. The number of rotatable bonds is 3. The first-order chi connectivity index (χ1) is 7.16. The molecule has 1 saturated carbocycles. The molecule has 1 aliphatic carbocycles. The molecule has 0 saturated heterocycles. The Kier molecular flexibility index (Phi) is 2.57. The van der Waals surface area contributed by atoms with Crippen LogP contribution in [0.2, 0.25) is 0 Å². The normalized spacial score (nSPS) is 19.0. The zero-order chi connectivity index (χ0) is 10.9. The van der Waals surface area contributed by atoms with E-state index < -0.39 is 12.4 Å². The lowest BCUT2D eigenvalue weighted by Gasteiger charge is -2.10. The van der Waals surface area contributed by atoms with E-state index in [1.807, 2.05) is 0 Å². The third-order valence-electron chi connectivity index (χ3n) is 2.79. The standard InChI is InChI=1S/C12H12F2O/c13-10-3-1-9(2-4-10)12(5-6-12)7-11(14)8-15/h1-4,7,15H,5-6,8H2. The quantitative estimate of drug-likeness (QED) is 0.813. The average Bonchev–Trinajstić information content (AvgIpc) is 3.00. The highest BCUT2D eigenvalue weighted by Gasteiger charge is 2.42. The molecule has 0 unspecified atom stereocenters. The fourth-order valence-electron chi connectivity index (χ4n) is 1.78. The molecule has 80 valence electrons. The predicted molar refractivity (Wildman–Crippen MR) is 53.6 cm³/mol. The van der Waals surface area contributed by atoms with Gasteiger partial charge in [0, 0.05) is 5.41 Å². The maximum Gasteiger partial charge on any atom is 0.123 e. The Hall–Kier alpha value is -1.22. The molecule has 0 heterocycles. The van der Waals surface area contributed by atoms with Crippen LogP contribution >= 0.6 is 0 Å². The highest BCUT2D eigenvalue weighted by atomic mass is 19.1. The monoisotopic (exact) mass is 210 g/mol. The molecule has 0 radical (unpaired) electrons. The molecular formula is C12H12F2O. The van der Waals surface area contributed by atoms with Gasteiger partial charge in [-0.3, -0.25) is 0 Å². The first kappa shape index (κ1) is 10.3. The van der Waals surface area contributed by atoms with Crippen LogP contribution in [0.15, 0.2) is 36.2 Å². The van der Waals surface area contributed by atoms with Gasteiger partial charge in [-0.2, -0.15) is 0 Å². The summed E-state index contributed by atoms with van der Waals surface area (Å²) >= 11 is 0. The molecule has 0 amide bonds. The van der Waals surface area contributed by atoms with Gasteiger partial charge in [-0.1, -0.05) is 12.1 Å². The molecule has 1 aliphatic rings. The molecule has 0 bridgehead atoms. The van der Waals surface area contributed by atoms with Crippen LogP contribution in [0.1, 0.15) is 18.4 Å². The predicted octanol–water partition coefficient (Wildman–Crippen LogP) is 2.70. The van der Waals surface area contributed by atoms with Crippen LogP contribution in [-0.4, -0.2) is 11.7 Å². The molecular weight excluding hydrogens is 198 g/mol. The summed E-state index contributed by atoms with van der Waals surface area (Å²) in [7, 11) is 0. The Morgan fingerprint density at radius 1 is 1.33 bits per heavy atom. The molecule has 3 heteroatoms. The number of aliphatic hydroxyl groups is 1. The topological polar surface area (TPSA) is 20.2 Å². The van der Waals surface area contributed by atoms with Crippen LogP contribution in [0.25, 0.3) is 0 Å². The second-order valence-corrected chi connectivity index (χ2v) is 3.91. The minimum Gasteiger partial charge on any atom is -0.389 e. The van der Waals surface area contributed by atoms with Crippen molar-refractivity contribution in [1.82, 2.24) is 0 Å². The van der Waals surface area contributed by atoms with Crippen LogP contribution in [0.4, 0.5) is 8.78 Å². The van der Waals surface area contributed by atoms with Crippen molar-refractivity contribution in [2.45, 2.75) is 18.3 Å². The van der Waals surface area contributed by atoms with Crippen LogP contribution in [-0.2, 0) is 5.41 Å². The third-order valence-corrected chi connectivity index (χ3v) is 2.79. The van der Waals surface area contributed by atoms with Crippen LogP contribution in [0.3, 0.4) is 0 Å². The van der Waals surface area contributed by atoms with Crippen molar-refractivity contribution in [2.75, 3.05) is 6.61 Å². The van der Waals surface area contributed by atoms with E-state index in [0.717, 1.165) is 18.4 Å². The van der Waals surface area contributed by atoms with Gasteiger partial charge in [-0.05, 0) is 36.6 Å². The number of halogens is 2. The molecule has 15 heavy (non-hydrogen) atoms. The largest absolute Gasteiger partial charge is 0.389 e. The lowest BCUT2D eigenvalue weighted by atomic mass is 9.95. The molecule has 1 aromatic rings. The van der Waals surface area contributed by atoms with Gasteiger partial charge < -0.3 is 5.11 Å². The fourth-order valence-corrected chi connectivity index (χ4v) is 1.78. The van der Waals surface area contributed by atoms with E-state index in [9.17, 15) is 8.78 Å². The first-order valence-corrected chi connectivity index (χ1v) is 4.90.